The first-order chi connectivity index (χ1) is 7.35. The summed E-state index contributed by atoms with van der Waals surface area (Å²) in [5, 5.41) is 0. The lowest BCUT2D eigenvalue weighted by atomic mass is 10.1. The van der Waals surface area contributed by atoms with Gasteiger partial charge in [-0.25, -0.2) is 4.79 Å². The SMILES string of the molecule is CC(C)(C)OC(=O)N1C[C@@H]2C[C@@H](N)[C@H](C1)O2. The highest BCUT2D eigenvalue weighted by Gasteiger charge is 2.41. The van der Waals surface area contributed by atoms with Crippen LogP contribution in [0.1, 0.15) is 27.2 Å². The van der Waals surface area contributed by atoms with Gasteiger partial charge in [-0.15, -0.1) is 0 Å². The van der Waals surface area contributed by atoms with Crippen LogP contribution < -0.4 is 5.73 Å². The second-order valence-corrected chi connectivity index (χ2v) is 5.58. The predicted octanol–water partition coefficient (Wildman–Crippen LogP) is 0.722. The lowest BCUT2D eigenvalue weighted by Gasteiger charge is -2.33. The minimum atomic E-state index is -0.448. The van der Waals surface area contributed by atoms with Gasteiger partial charge in [0.2, 0.25) is 0 Å². The molecule has 0 spiro atoms. The highest BCUT2D eigenvalue weighted by atomic mass is 16.6. The van der Waals surface area contributed by atoms with E-state index >= 15 is 0 Å². The van der Waals surface area contributed by atoms with E-state index in [9.17, 15) is 4.79 Å². The molecule has 0 aromatic heterocycles. The van der Waals surface area contributed by atoms with Crippen molar-refractivity contribution in [3.8, 4) is 0 Å². The Morgan fingerprint density at radius 1 is 1.44 bits per heavy atom. The van der Waals surface area contributed by atoms with Crippen molar-refractivity contribution in [1.82, 2.24) is 4.90 Å². The number of rotatable bonds is 0. The quantitative estimate of drug-likeness (QED) is 0.663. The second kappa shape index (κ2) is 3.89. The number of nitrogens with zero attached hydrogens (tertiary/aromatic N) is 1. The van der Waals surface area contributed by atoms with E-state index in [1.807, 2.05) is 20.8 Å². The molecule has 5 nitrogen and oxygen atoms in total. The van der Waals surface area contributed by atoms with Crippen LogP contribution in [0.5, 0.6) is 0 Å². The Hall–Kier alpha value is -0.810. The third-order valence-electron chi connectivity index (χ3n) is 2.86. The Morgan fingerprint density at radius 2 is 2.12 bits per heavy atom. The molecule has 2 heterocycles. The Kier molecular flexibility index (Phi) is 2.84. The number of fused-ring (bicyclic) bond motifs is 2. The summed E-state index contributed by atoms with van der Waals surface area (Å²) in [6.45, 7) is 6.74. The van der Waals surface area contributed by atoms with Crippen molar-refractivity contribution in [2.75, 3.05) is 13.1 Å². The van der Waals surface area contributed by atoms with Gasteiger partial charge in [0.25, 0.3) is 0 Å². The molecule has 5 heteroatoms. The van der Waals surface area contributed by atoms with Crippen molar-refractivity contribution in [3.05, 3.63) is 0 Å². The second-order valence-electron chi connectivity index (χ2n) is 5.58. The molecule has 2 aliphatic heterocycles. The molecule has 2 bridgehead atoms. The van der Waals surface area contributed by atoms with Crippen LogP contribution in [0.15, 0.2) is 0 Å². The van der Waals surface area contributed by atoms with Gasteiger partial charge in [-0.1, -0.05) is 0 Å². The number of morpholine rings is 1. The number of amides is 1. The van der Waals surface area contributed by atoms with Crippen molar-refractivity contribution in [1.29, 1.82) is 0 Å². The summed E-state index contributed by atoms with van der Waals surface area (Å²) in [7, 11) is 0. The molecule has 0 radical (unpaired) electrons. The molecule has 0 aromatic carbocycles. The number of hydrogen-bond donors (Lipinski definition) is 1. The number of carbonyl (C=O) groups excluding carboxylic acids is 1. The van der Waals surface area contributed by atoms with E-state index in [1.165, 1.54) is 0 Å². The molecule has 0 unspecified atom stereocenters. The number of carbonyl (C=O) groups is 1. The van der Waals surface area contributed by atoms with Crippen LogP contribution in [0, 0.1) is 0 Å². The molecule has 2 aliphatic rings. The Labute approximate surface area is 95.9 Å². The molecule has 2 rings (SSSR count). The lowest BCUT2D eigenvalue weighted by molar-refractivity contribution is -0.0510. The van der Waals surface area contributed by atoms with Gasteiger partial charge in [-0.05, 0) is 27.2 Å². The van der Waals surface area contributed by atoms with Gasteiger partial charge < -0.3 is 20.1 Å². The van der Waals surface area contributed by atoms with E-state index in [4.69, 9.17) is 15.2 Å². The zero-order chi connectivity index (χ0) is 11.9. The average molecular weight is 228 g/mol. The number of likely N-dealkylation sites (tertiary alicyclic amines) is 1. The largest absolute Gasteiger partial charge is 0.444 e. The summed E-state index contributed by atoms with van der Waals surface area (Å²) in [6.07, 6.45) is 0.636. The Morgan fingerprint density at radius 3 is 2.69 bits per heavy atom. The third kappa shape index (κ3) is 2.47. The maximum Gasteiger partial charge on any atom is 0.410 e. The summed E-state index contributed by atoms with van der Waals surface area (Å²) in [5.41, 5.74) is 5.46. The highest BCUT2D eigenvalue weighted by molar-refractivity contribution is 5.68. The fourth-order valence-corrected chi connectivity index (χ4v) is 2.17. The molecular weight excluding hydrogens is 208 g/mol. The average Bonchev–Trinajstić information content (AvgIpc) is 2.37. The summed E-state index contributed by atoms with van der Waals surface area (Å²) in [6, 6.07) is 0.0532. The van der Waals surface area contributed by atoms with Crippen LogP contribution in [0.2, 0.25) is 0 Å². The lowest BCUT2D eigenvalue weighted by Crippen LogP contribution is -2.49. The number of nitrogens with two attached hydrogens (primary N) is 1. The van der Waals surface area contributed by atoms with E-state index < -0.39 is 5.60 Å². The van der Waals surface area contributed by atoms with Gasteiger partial charge in [-0.2, -0.15) is 0 Å². The van der Waals surface area contributed by atoms with Crippen LogP contribution in [-0.2, 0) is 9.47 Å². The van der Waals surface area contributed by atoms with Crippen molar-refractivity contribution in [2.24, 2.45) is 5.73 Å². The maximum absolute atomic E-state index is 11.8. The smallest absolute Gasteiger partial charge is 0.410 e. The Balaban J connectivity index is 1.94. The normalized spacial score (nSPS) is 34.0. The van der Waals surface area contributed by atoms with Gasteiger partial charge in [-0.3, -0.25) is 0 Å². The molecule has 2 fully saturated rings. The molecule has 2 N–H and O–H groups in total. The summed E-state index contributed by atoms with van der Waals surface area (Å²) in [5.74, 6) is 0. The van der Waals surface area contributed by atoms with Gasteiger partial charge in [0.1, 0.15) is 5.60 Å². The molecule has 16 heavy (non-hydrogen) atoms. The van der Waals surface area contributed by atoms with Crippen LogP contribution in [0.25, 0.3) is 0 Å². The monoisotopic (exact) mass is 228 g/mol. The molecular formula is C11H20N2O3. The van der Waals surface area contributed by atoms with Crippen molar-refractivity contribution in [3.63, 3.8) is 0 Å². The summed E-state index contributed by atoms with van der Waals surface area (Å²) < 4.78 is 11.0. The molecule has 92 valence electrons. The predicted molar refractivity (Wildman–Crippen MR) is 59.1 cm³/mol. The van der Waals surface area contributed by atoms with Crippen LogP contribution >= 0.6 is 0 Å². The van der Waals surface area contributed by atoms with E-state index in [0.717, 1.165) is 6.42 Å². The van der Waals surface area contributed by atoms with Gasteiger partial charge in [0.05, 0.1) is 25.3 Å². The fourth-order valence-electron chi connectivity index (χ4n) is 2.17. The highest BCUT2D eigenvalue weighted by Crippen LogP contribution is 2.26. The fraction of sp³-hybridized carbons (Fsp3) is 0.909. The molecule has 0 aliphatic carbocycles. The minimum Gasteiger partial charge on any atom is -0.444 e. The Bertz CT molecular complexity index is 285. The van der Waals surface area contributed by atoms with Crippen molar-refractivity contribution in [2.45, 2.75) is 51.0 Å². The zero-order valence-electron chi connectivity index (χ0n) is 10.1. The van der Waals surface area contributed by atoms with Crippen molar-refractivity contribution < 1.29 is 14.3 Å². The van der Waals surface area contributed by atoms with Crippen LogP contribution in [-0.4, -0.2) is 47.9 Å². The summed E-state index contributed by atoms with van der Waals surface area (Å²) in [4.78, 5) is 13.6. The van der Waals surface area contributed by atoms with Crippen LogP contribution in [0.4, 0.5) is 4.79 Å². The molecule has 2 saturated heterocycles. The molecule has 0 saturated carbocycles. The molecule has 3 atom stereocenters. The van der Waals surface area contributed by atoms with Crippen LogP contribution in [0.3, 0.4) is 0 Å². The van der Waals surface area contributed by atoms with E-state index in [1.54, 1.807) is 4.90 Å². The number of ether oxygens (including phenoxy) is 2. The first-order valence-electron chi connectivity index (χ1n) is 5.74. The van der Waals surface area contributed by atoms with Crippen molar-refractivity contribution >= 4 is 6.09 Å². The summed E-state index contributed by atoms with van der Waals surface area (Å²) >= 11 is 0. The van der Waals surface area contributed by atoms with E-state index in [2.05, 4.69) is 0 Å². The first kappa shape index (κ1) is 11.7. The van der Waals surface area contributed by atoms with E-state index in [0.29, 0.717) is 13.1 Å². The first-order valence-corrected chi connectivity index (χ1v) is 5.74. The van der Waals surface area contributed by atoms with Gasteiger partial charge >= 0.3 is 6.09 Å². The topological polar surface area (TPSA) is 64.8 Å². The molecule has 0 aromatic rings. The minimum absolute atomic E-state index is 0.0220. The third-order valence-corrected chi connectivity index (χ3v) is 2.86. The van der Waals surface area contributed by atoms with E-state index in [-0.39, 0.29) is 24.3 Å². The van der Waals surface area contributed by atoms with Gasteiger partial charge in [0, 0.05) is 6.04 Å². The van der Waals surface area contributed by atoms with Gasteiger partial charge in [0.15, 0.2) is 0 Å². The molecule has 1 amide bonds. The number of hydrogen-bond acceptors (Lipinski definition) is 4. The maximum atomic E-state index is 11.8. The zero-order valence-corrected chi connectivity index (χ0v) is 10.1. The standard InChI is InChI=1S/C11H20N2O3/c1-11(2,3)16-10(14)13-5-7-4-8(12)9(6-13)15-7/h7-9H,4-6,12H2,1-3H3/t7-,8+,9-/m0/s1.